The quantitative estimate of drug-likeness (QED) is 0.454. The Labute approximate surface area is 190 Å². The summed E-state index contributed by atoms with van der Waals surface area (Å²) in [5.41, 5.74) is 1.49. The number of benzene rings is 1. The Balaban J connectivity index is 1.36. The van der Waals surface area contributed by atoms with Crippen molar-refractivity contribution in [3.8, 4) is 22.9 Å². The molecule has 176 valence electrons. The minimum atomic E-state index is -2.87. The smallest absolute Gasteiger partial charge is 0.415 e. The van der Waals surface area contributed by atoms with Crippen molar-refractivity contribution in [1.82, 2.24) is 30.3 Å². The normalized spacial score (nSPS) is 14.7. The van der Waals surface area contributed by atoms with Crippen molar-refractivity contribution in [3.05, 3.63) is 70.0 Å². The Bertz CT molecular complexity index is 1340. The first kappa shape index (κ1) is 22.0. The molecule has 0 bridgehead atoms. The van der Waals surface area contributed by atoms with Gasteiger partial charge in [0.1, 0.15) is 5.82 Å². The molecule has 34 heavy (non-hydrogen) atoms. The molecule has 1 saturated heterocycles. The van der Waals surface area contributed by atoms with Gasteiger partial charge in [-0.25, -0.2) is 9.18 Å². The molecular weight excluding hydrogens is 453 g/mol. The highest BCUT2D eigenvalue weighted by molar-refractivity contribution is 5.56. The SMILES string of the molecule is O=c1oc(-c2cccc(C3CCNCC3)c2F)nn1Cc1ccc(-c2nnc(C(F)F)o2)cn1. The monoisotopic (exact) mass is 472 g/mol. The van der Waals surface area contributed by atoms with Crippen molar-refractivity contribution in [2.24, 2.45) is 0 Å². The lowest BCUT2D eigenvalue weighted by atomic mass is 9.89. The van der Waals surface area contributed by atoms with E-state index < -0.39 is 23.9 Å². The summed E-state index contributed by atoms with van der Waals surface area (Å²) in [6, 6.07) is 8.11. The molecule has 1 aliphatic rings. The third-order valence-electron chi connectivity index (χ3n) is 5.66. The van der Waals surface area contributed by atoms with Crippen molar-refractivity contribution in [3.63, 3.8) is 0 Å². The number of hydrogen-bond acceptors (Lipinski definition) is 8. The zero-order chi connectivity index (χ0) is 23.7. The van der Waals surface area contributed by atoms with Crippen LogP contribution in [0, 0.1) is 5.82 Å². The topological polar surface area (TPSA) is 112 Å². The molecule has 0 aliphatic carbocycles. The summed E-state index contributed by atoms with van der Waals surface area (Å²) in [7, 11) is 0. The fourth-order valence-corrected chi connectivity index (χ4v) is 3.92. The van der Waals surface area contributed by atoms with Gasteiger partial charge < -0.3 is 14.2 Å². The summed E-state index contributed by atoms with van der Waals surface area (Å²) in [5.74, 6) is -2.09. The van der Waals surface area contributed by atoms with E-state index in [1.807, 2.05) is 0 Å². The summed E-state index contributed by atoms with van der Waals surface area (Å²) >= 11 is 0. The number of aromatic nitrogens is 5. The van der Waals surface area contributed by atoms with E-state index in [9.17, 15) is 13.6 Å². The van der Waals surface area contributed by atoms with Crippen LogP contribution in [0.1, 0.15) is 42.3 Å². The Morgan fingerprint density at radius 1 is 1.09 bits per heavy atom. The van der Waals surface area contributed by atoms with Crippen molar-refractivity contribution in [1.29, 1.82) is 0 Å². The second-order valence-electron chi connectivity index (χ2n) is 7.85. The highest BCUT2D eigenvalue weighted by Gasteiger charge is 2.23. The van der Waals surface area contributed by atoms with Gasteiger partial charge in [0.25, 0.3) is 11.8 Å². The third-order valence-corrected chi connectivity index (χ3v) is 5.66. The first-order valence-electron chi connectivity index (χ1n) is 10.6. The molecule has 3 aromatic heterocycles. The third kappa shape index (κ3) is 4.36. The first-order chi connectivity index (χ1) is 16.5. The molecular formula is C22H19F3N6O3. The minimum Gasteiger partial charge on any atom is -0.415 e. The zero-order valence-electron chi connectivity index (χ0n) is 17.7. The number of rotatable bonds is 6. The predicted octanol–water partition coefficient (Wildman–Crippen LogP) is 3.54. The molecule has 4 aromatic rings. The van der Waals surface area contributed by atoms with E-state index >= 15 is 4.39 Å². The van der Waals surface area contributed by atoms with Crippen LogP contribution in [-0.4, -0.2) is 38.1 Å². The van der Waals surface area contributed by atoms with E-state index in [1.165, 1.54) is 12.3 Å². The summed E-state index contributed by atoms with van der Waals surface area (Å²) in [6.07, 6.45) is 0.139. The van der Waals surface area contributed by atoms with Gasteiger partial charge in [0.05, 0.1) is 23.4 Å². The van der Waals surface area contributed by atoms with Crippen molar-refractivity contribution in [2.45, 2.75) is 31.7 Å². The Kier molecular flexibility index (Phi) is 5.97. The van der Waals surface area contributed by atoms with Crippen LogP contribution in [0.2, 0.25) is 0 Å². The molecule has 0 radical (unpaired) electrons. The lowest BCUT2D eigenvalue weighted by Crippen LogP contribution is -2.27. The highest BCUT2D eigenvalue weighted by Crippen LogP contribution is 2.32. The van der Waals surface area contributed by atoms with E-state index in [2.05, 4.69) is 25.6 Å². The van der Waals surface area contributed by atoms with Crippen molar-refractivity contribution >= 4 is 0 Å². The Morgan fingerprint density at radius 2 is 1.91 bits per heavy atom. The van der Waals surface area contributed by atoms with Gasteiger partial charge in [0, 0.05) is 6.20 Å². The van der Waals surface area contributed by atoms with Gasteiger partial charge in [-0.2, -0.15) is 13.5 Å². The molecule has 1 aliphatic heterocycles. The maximum absolute atomic E-state index is 15.3. The lowest BCUT2D eigenvalue weighted by Gasteiger charge is -2.23. The fourth-order valence-electron chi connectivity index (χ4n) is 3.92. The van der Waals surface area contributed by atoms with E-state index in [0.29, 0.717) is 16.8 Å². The van der Waals surface area contributed by atoms with Crippen LogP contribution < -0.4 is 11.1 Å². The van der Waals surface area contributed by atoms with Crippen molar-refractivity contribution < 1.29 is 22.0 Å². The average Bonchev–Trinajstić information content (AvgIpc) is 3.48. The second-order valence-corrected chi connectivity index (χ2v) is 7.85. The predicted molar refractivity (Wildman–Crippen MR) is 113 cm³/mol. The molecule has 5 rings (SSSR count). The molecule has 1 fully saturated rings. The maximum Gasteiger partial charge on any atom is 0.437 e. The molecule has 0 unspecified atom stereocenters. The molecule has 1 N–H and O–H groups in total. The van der Waals surface area contributed by atoms with Gasteiger partial charge in [0.15, 0.2) is 0 Å². The van der Waals surface area contributed by atoms with E-state index in [4.69, 9.17) is 8.83 Å². The number of nitrogens with zero attached hydrogens (tertiary/aromatic N) is 5. The minimum absolute atomic E-state index is 0.0374. The van der Waals surface area contributed by atoms with Gasteiger partial charge in [0.2, 0.25) is 5.89 Å². The summed E-state index contributed by atoms with van der Waals surface area (Å²) in [5, 5.41) is 14.2. The molecule has 1 aromatic carbocycles. The zero-order valence-corrected chi connectivity index (χ0v) is 17.7. The standard InChI is InChI=1S/C22H19F3N6O3/c23-17-15(12-6-8-26-9-7-12)2-1-3-16(17)20-30-31(22(32)34-20)11-14-5-4-13(10-27-14)19-28-29-21(33-19)18(24)25/h1-5,10,12,18,26H,6-9,11H2. The van der Waals surface area contributed by atoms with Gasteiger partial charge in [-0.05, 0) is 55.6 Å². The Hall–Kier alpha value is -3.80. The molecule has 9 nitrogen and oxygen atoms in total. The highest BCUT2D eigenvalue weighted by atomic mass is 19.3. The second kappa shape index (κ2) is 9.21. The van der Waals surface area contributed by atoms with Crippen LogP contribution in [0.3, 0.4) is 0 Å². The van der Waals surface area contributed by atoms with Crippen LogP contribution in [0.4, 0.5) is 13.2 Å². The van der Waals surface area contributed by atoms with Gasteiger partial charge >= 0.3 is 12.2 Å². The fraction of sp³-hybridized carbons (Fsp3) is 0.318. The molecule has 12 heteroatoms. The van der Waals surface area contributed by atoms with E-state index in [-0.39, 0.29) is 29.8 Å². The molecule has 0 saturated carbocycles. The van der Waals surface area contributed by atoms with Crippen LogP contribution in [0.15, 0.2) is 50.2 Å². The number of nitrogens with one attached hydrogen (secondary N) is 1. The first-order valence-corrected chi connectivity index (χ1v) is 10.6. The summed E-state index contributed by atoms with van der Waals surface area (Å²) in [4.78, 5) is 16.5. The van der Waals surface area contributed by atoms with Crippen LogP contribution in [0.25, 0.3) is 22.9 Å². The lowest BCUT2D eigenvalue weighted by molar-refractivity contribution is 0.116. The van der Waals surface area contributed by atoms with E-state index in [0.717, 1.165) is 30.6 Å². The van der Waals surface area contributed by atoms with Crippen LogP contribution in [0.5, 0.6) is 0 Å². The van der Waals surface area contributed by atoms with E-state index in [1.54, 1.807) is 24.3 Å². The number of alkyl halides is 2. The average molecular weight is 472 g/mol. The molecule has 0 spiro atoms. The number of hydrogen-bond donors (Lipinski definition) is 1. The van der Waals surface area contributed by atoms with Crippen LogP contribution in [-0.2, 0) is 6.54 Å². The Morgan fingerprint density at radius 3 is 2.62 bits per heavy atom. The number of halogens is 3. The van der Waals surface area contributed by atoms with Gasteiger partial charge in [-0.3, -0.25) is 4.98 Å². The van der Waals surface area contributed by atoms with Crippen molar-refractivity contribution in [2.75, 3.05) is 13.1 Å². The summed E-state index contributed by atoms with van der Waals surface area (Å²) < 4.78 is 51.7. The summed E-state index contributed by atoms with van der Waals surface area (Å²) in [6.45, 7) is 1.61. The number of piperidine rings is 1. The molecule has 0 atom stereocenters. The maximum atomic E-state index is 15.3. The van der Waals surface area contributed by atoms with Gasteiger partial charge in [-0.15, -0.1) is 15.3 Å². The van der Waals surface area contributed by atoms with Crippen LogP contribution >= 0.6 is 0 Å². The molecule has 0 amide bonds. The number of pyridine rings is 1. The largest absolute Gasteiger partial charge is 0.437 e. The molecule has 4 heterocycles. The van der Waals surface area contributed by atoms with Gasteiger partial charge in [-0.1, -0.05) is 12.1 Å².